The minimum atomic E-state index is -0.142. The summed E-state index contributed by atoms with van der Waals surface area (Å²) in [6, 6.07) is 11.2. The molecule has 0 spiro atoms. The number of pyridine rings is 1. The molecule has 0 bridgehead atoms. The Balaban J connectivity index is 2.63. The van der Waals surface area contributed by atoms with Gasteiger partial charge < -0.3 is 0 Å². The zero-order valence-corrected chi connectivity index (χ0v) is 10.8. The maximum Gasteiger partial charge on any atom is 0.256 e. The van der Waals surface area contributed by atoms with E-state index in [1.54, 1.807) is 4.40 Å². The second-order valence-electron chi connectivity index (χ2n) is 3.84. The maximum atomic E-state index is 12.1. The van der Waals surface area contributed by atoms with Gasteiger partial charge in [-0.05, 0) is 17.7 Å². The van der Waals surface area contributed by atoms with Crippen molar-refractivity contribution in [1.82, 2.24) is 4.40 Å². The number of aromatic nitrogens is 1. The van der Waals surface area contributed by atoms with Crippen molar-refractivity contribution in [3.8, 4) is 6.07 Å². The van der Waals surface area contributed by atoms with E-state index in [0.717, 1.165) is 10.2 Å². The monoisotopic (exact) mass is 274 g/mol. The van der Waals surface area contributed by atoms with E-state index in [1.807, 2.05) is 24.3 Å². The third-order valence-corrected chi connectivity index (χ3v) is 4.26. The molecule has 0 saturated heterocycles. The molecule has 5 heteroatoms. The summed E-state index contributed by atoms with van der Waals surface area (Å²) in [5.74, 6) is 0.170. The van der Waals surface area contributed by atoms with Crippen molar-refractivity contribution in [1.29, 1.82) is 5.26 Å². The molecular formula is C13H7ClN2OS. The average Bonchev–Trinajstić information content (AvgIpc) is 2.78. The van der Waals surface area contributed by atoms with E-state index in [2.05, 4.69) is 6.07 Å². The number of hydrogen-bond donors (Lipinski definition) is 0. The lowest BCUT2D eigenvalue weighted by molar-refractivity contribution is 1.14. The molecule has 0 aliphatic rings. The van der Waals surface area contributed by atoms with Crippen LogP contribution < -0.4 is 5.56 Å². The van der Waals surface area contributed by atoms with Crippen molar-refractivity contribution in [3.05, 3.63) is 51.8 Å². The molecule has 18 heavy (non-hydrogen) atoms. The van der Waals surface area contributed by atoms with Gasteiger partial charge in [0.05, 0.1) is 15.8 Å². The van der Waals surface area contributed by atoms with Gasteiger partial charge in [0.1, 0.15) is 10.9 Å². The molecule has 88 valence electrons. The standard InChI is InChI=1S/C13H7ClN2OS/c14-6-8-5-12(17)16-10-3-1-2-4-11(10)18-13(16)9(8)7-15/h1-5H,6H2. The summed E-state index contributed by atoms with van der Waals surface area (Å²) in [5, 5.41) is 9.25. The number of hydrogen-bond acceptors (Lipinski definition) is 3. The molecule has 0 unspecified atom stereocenters. The van der Waals surface area contributed by atoms with E-state index in [9.17, 15) is 10.1 Å². The molecule has 1 aromatic carbocycles. The summed E-state index contributed by atoms with van der Waals surface area (Å²) < 4.78 is 2.56. The Morgan fingerprint density at radius 2 is 2.17 bits per heavy atom. The largest absolute Gasteiger partial charge is 0.269 e. The number of thiazole rings is 1. The van der Waals surface area contributed by atoms with Crippen LogP contribution in [0.1, 0.15) is 11.1 Å². The van der Waals surface area contributed by atoms with E-state index in [-0.39, 0.29) is 11.4 Å². The highest BCUT2D eigenvalue weighted by atomic mass is 35.5. The number of alkyl halides is 1. The van der Waals surface area contributed by atoms with Crippen molar-refractivity contribution in [2.45, 2.75) is 5.88 Å². The van der Waals surface area contributed by atoms with E-state index in [0.29, 0.717) is 16.0 Å². The Bertz CT molecular complexity index is 857. The first-order valence-corrected chi connectivity index (χ1v) is 6.63. The first-order chi connectivity index (χ1) is 8.76. The predicted molar refractivity (Wildman–Crippen MR) is 73.3 cm³/mol. The Morgan fingerprint density at radius 1 is 1.39 bits per heavy atom. The molecule has 0 fully saturated rings. The van der Waals surface area contributed by atoms with Gasteiger partial charge in [0, 0.05) is 11.9 Å². The Labute approximate surface area is 111 Å². The van der Waals surface area contributed by atoms with Crippen molar-refractivity contribution in [2.75, 3.05) is 0 Å². The molecule has 2 aromatic heterocycles. The third kappa shape index (κ3) is 1.45. The highest BCUT2D eigenvalue weighted by Crippen LogP contribution is 2.28. The quantitative estimate of drug-likeness (QED) is 0.640. The van der Waals surface area contributed by atoms with Crippen LogP contribution in [-0.2, 0) is 5.88 Å². The first-order valence-electron chi connectivity index (χ1n) is 5.28. The average molecular weight is 275 g/mol. The maximum absolute atomic E-state index is 12.1. The summed E-state index contributed by atoms with van der Waals surface area (Å²) in [7, 11) is 0. The second kappa shape index (κ2) is 4.13. The fourth-order valence-corrected chi connectivity index (χ4v) is 3.41. The number of nitrogens with zero attached hydrogens (tertiary/aromatic N) is 2. The van der Waals surface area contributed by atoms with E-state index < -0.39 is 0 Å². The van der Waals surface area contributed by atoms with Gasteiger partial charge in [0.25, 0.3) is 5.56 Å². The lowest BCUT2D eigenvalue weighted by atomic mass is 10.2. The molecule has 0 atom stereocenters. The van der Waals surface area contributed by atoms with Gasteiger partial charge in [0.15, 0.2) is 0 Å². The van der Waals surface area contributed by atoms with Crippen molar-refractivity contribution >= 4 is 38.0 Å². The van der Waals surface area contributed by atoms with Gasteiger partial charge in [-0.3, -0.25) is 9.20 Å². The smallest absolute Gasteiger partial charge is 0.256 e. The fraction of sp³-hybridized carbons (Fsp3) is 0.0769. The van der Waals surface area contributed by atoms with Gasteiger partial charge in [-0.2, -0.15) is 5.26 Å². The number of halogens is 1. The summed E-state index contributed by atoms with van der Waals surface area (Å²) in [6.07, 6.45) is 0. The zero-order valence-electron chi connectivity index (χ0n) is 9.18. The molecule has 0 radical (unpaired) electrons. The second-order valence-corrected chi connectivity index (χ2v) is 5.14. The molecule has 3 nitrogen and oxygen atoms in total. The fourth-order valence-electron chi connectivity index (χ4n) is 2.02. The van der Waals surface area contributed by atoms with Crippen LogP contribution in [0.4, 0.5) is 0 Å². The summed E-state index contributed by atoms with van der Waals surface area (Å²) in [6.45, 7) is 0. The number of rotatable bonds is 1. The molecule has 0 N–H and O–H groups in total. The molecular weight excluding hydrogens is 268 g/mol. The lowest BCUT2D eigenvalue weighted by Crippen LogP contribution is -2.13. The van der Waals surface area contributed by atoms with Crippen LogP contribution in [0.25, 0.3) is 15.0 Å². The van der Waals surface area contributed by atoms with Crippen LogP contribution in [-0.4, -0.2) is 4.40 Å². The summed E-state index contributed by atoms with van der Waals surface area (Å²) >= 11 is 7.23. The number of benzene rings is 1. The van der Waals surface area contributed by atoms with Crippen LogP contribution in [0.5, 0.6) is 0 Å². The first kappa shape index (κ1) is 11.3. The molecule has 2 heterocycles. The molecule has 0 saturated carbocycles. The molecule has 3 aromatic rings. The van der Waals surface area contributed by atoms with Crippen LogP contribution in [0.2, 0.25) is 0 Å². The Hall–Kier alpha value is -1.83. The van der Waals surface area contributed by atoms with E-state index >= 15 is 0 Å². The zero-order chi connectivity index (χ0) is 12.7. The highest BCUT2D eigenvalue weighted by Gasteiger charge is 2.14. The van der Waals surface area contributed by atoms with Gasteiger partial charge in [-0.25, -0.2) is 0 Å². The summed E-state index contributed by atoms with van der Waals surface area (Å²) in [4.78, 5) is 12.8. The normalized spacial score (nSPS) is 10.9. The van der Waals surface area contributed by atoms with Crippen molar-refractivity contribution in [2.24, 2.45) is 0 Å². The van der Waals surface area contributed by atoms with E-state index in [1.165, 1.54) is 17.4 Å². The number of nitriles is 1. The number of para-hydroxylation sites is 1. The lowest BCUT2D eigenvalue weighted by Gasteiger charge is -2.01. The van der Waals surface area contributed by atoms with Crippen LogP contribution in [0, 0.1) is 11.3 Å². The Kier molecular flexibility index (Phi) is 2.58. The third-order valence-electron chi connectivity index (χ3n) is 2.82. The minimum absolute atomic E-state index is 0.142. The molecule has 0 aliphatic carbocycles. The van der Waals surface area contributed by atoms with Crippen molar-refractivity contribution < 1.29 is 0 Å². The van der Waals surface area contributed by atoms with Gasteiger partial charge in [0.2, 0.25) is 0 Å². The van der Waals surface area contributed by atoms with Crippen LogP contribution >= 0.6 is 22.9 Å². The number of fused-ring (bicyclic) bond motifs is 3. The van der Waals surface area contributed by atoms with Gasteiger partial charge in [-0.15, -0.1) is 22.9 Å². The molecule has 0 amide bonds. The Morgan fingerprint density at radius 3 is 2.89 bits per heavy atom. The predicted octanol–water partition coefficient (Wildman–Crippen LogP) is 3.12. The van der Waals surface area contributed by atoms with E-state index in [4.69, 9.17) is 11.6 Å². The highest BCUT2D eigenvalue weighted by molar-refractivity contribution is 7.24. The molecule has 0 aliphatic heterocycles. The SMILES string of the molecule is N#Cc1c(CCl)cc(=O)n2c1sc1ccccc12. The van der Waals surface area contributed by atoms with Crippen LogP contribution in [0.3, 0.4) is 0 Å². The molecule has 3 rings (SSSR count). The van der Waals surface area contributed by atoms with Crippen molar-refractivity contribution in [3.63, 3.8) is 0 Å². The topological polar surface area (TPSA) is 45.3 Å². The summed E-state index contributed by atoms with van der Waals surface area (Å²) in [5.41, 5.74) is 1.78. The minimum Gasteiger partial charge on any atom is -0.269 e. The van der Waals surface area contributed by atoms with Gasteiger partial charge >= 0.3 is 0 Å². The van der Waals surface area contributed by atoms with Crippen LogP contribution in [0.15, 0.2) is 35.1 Å². The van der Waals surface area contributed by atoms with Gasteiger partial charge in [-0.1, -0.05) is 12.1 Å².